The molecule has 0 radical (unpaired) electrons. The van der Waals surface area contributed by atoms with Crippen LogP contribution in [0.25, 0.3) is 0 Å². The molecule has 0 saturated heterocycles. The molecule has 3 atom stereocenters. The van der Waals surface area contributed by atoms with Crippen molar-refractivity contribution >= 4 is 15.8 Å². The molecule has 2 aromatic rings. The number of aliphatic carboxylic acids is 1. The van der Waals surface area contributed by atoms with Gasteiger partial charge in [-0.1, -0.05) is 29.8 Å². The van der Waals surface area contributed by atoms with E-state index in [2.05, 4.69) is 0 Å². The van der Waals surface area contributed by atoms with E-state index in [0.29, 0.717) is 0 Å². The minimum absolute atomic E-state index is 0.00748. The van der Waals surface area contributed by atoms with Crippen molar-refractivity contribution in [2.75, 3.05) is 0 Å². The highest BCUT2D eigenvalue weighted by Crippen LogP contribution is 2.55. The molecule has 0 aliphatic heterocycles. The van der Waals surface area contributed by atoms with Crippen molar-refractivity contribution < 1.29 is 22.7 Å². The minimum Gasteiger partial charge on any atom is -0.480 e. The number of carboxylic acid groups (broad SMARTS) is 1. The Hall–Kier alpha value is -2.25. The number of rotatable bonds is 4. The van der Waals surface area contributed by atoms with Crippen LogP contribution in [0.5, 0.6) is 0 Å². The summed E-state index contributed by atoms with van der Waals surface area (Å²) in [5.41, 5.74) is 5.08. The summed E-state index contributed by atoms with van der Waals surface area (Å²) in [6, 6.07) is 11.3. The number of benzene rings is 2. The summed E-state index contributed by atoms with van der Waals surface area (Å²) in [6.07, 6.45) is 0. The maximum absolute atomic E-state index is 13.5. The SMILES string of the molecule is Cc1ccc(S(=O)(=O)C2C(c3cccc(F)c3)C2(N)C(=O)O)cc1. The monoisotopic (exact) mass is 349 g/mol. The lowest BCUT2D eigenvalue weighted by Gasteiger charge is -2.07. The first kappa shape index (κ1) is 16.6. The predicted octanol–water partition coefficient (Wildman–Crippen LogP) is 1.86. The van der Waals surface area contributed by atoms with E-state index in [-0.39, 0.29) is 10.5 Å². The van der Waals surface area contributed by atoms with Gasteiger partial charge >= 0.3 is 5.97 Å². The maximum Gasteiger partial charge on any atom is 0.325 e. The van der Waals surface area contributed by atoms with E-state index in [0.717, 1.165) is 11.6 Å². The van der Waals surface area contributed by atoms with Gasteiger partial charge in [0.2, 0.25) is 0 Å². The van der Waals surface area contributed by atoms with Gasteiger partial charge in [-0.25, -0.2) is 12.8 Å². The van der Waals surface area contributed by atoms with E-state index in [4.69, 9.17) is 5.73 Å². The Balaban J connectivity index is 2.08. The van der Waals surface area contributed by atoms with Gasteiger partial charge in [-0.3, -0.25) is 4.79 Å². The Labute approximate surface area is 138 Å². The zero-order valence-electron chi connectivity index (χ0n) is 12.8. The molecule has 3 rings (SSSR count). The van der Waals surface area contributed by atoms with Crippen LogP contribution in [0.15, 0.2) is 53.4 Å². The summed E-state index contributed by atoms with van der Waals surface area (Å²) in [5.74, 6) is -2.99. The highest BCUT2D eigenvalue weighted by atomic mass is 32.2. The molecule has 5 nitrogen and oxygen atoms in total. The zero-order chi connectivity index (χ0) is 17.7. The van der Waals surface area contributed by atoms with Gasteiger partial charge in [0.05, 0.1) is 4.90 Å². The summed E-state index contributed by atoms with van der Waals surface area (Å²) in [6.45, 7) is 1.81. The Kier molecular flexibility index (Phi) is 3.73. The van der Waals surface area contributed by atoms with Gasteiger partial charge < -0.3 is 10.8 Å². The maximum atomic E-state index is 13.5. The van der Waals surface area contributed by atoms with E-state index < -0.39 is 38.3 Å². The fraction of sp³-hybridized carbons (Fsp3) is 0.235. The van der Waals surface area contributed by atoms with Gasteiger partial charge in [0.1, 0.15) is 16.6 Å². The third-order valence-electron chi connectivity index (χ3n) is 4.44. The van der Waals surface area contributed by atoms with Crippen LogP contribution >= 0.6 is 0 Å². The van der Waals surface area contributed by atoms with Crippen molar-refractivity contribution in [1.82, 2.24) is 0 Å². The van der Waals surface area contributed by atoms with Gasteiger partial charge in [0.25, 0.3) is 0 Å². The third-order valence-corrected chi connectivity index (χ3v) is 6.70. The van der Waals surface area contributed by atoms with Crippen molar-refractivity contribution in [3.05, 3.63) is 65.5 Å². The molecule has 0 amide bonds. The number of hydrogen-bond acceptors (Lipinski definition) is 4. The van der Waals surface area contributed by atoms with Crippen LogP contribution in [0.2, 0.25) is 0 Å². The smallest absolute Gasteiger partial charge is 0.325 e. The molecule has 0 bridgehead atoms. The first-order chi connectivity index (χ1) is 11.2. The molecule has 0 aromatic heterocycles. The molecule has 0 heterocycles. The number of hydrogen-bond donors (Lipinski definition) is 2. The van der Waals surface area contributed by atoms with E-state index in [1.165, 1.54) is 30.3 Å². The summed E-state index contributed by atoms with van der Waals surface area (Å²) in [5, 5.41) is 8.11. The standard InChI is InChI=1S/C17H16FNO4S/c1-10-5-7-13(8-6-10)24(22,23)15-14(17(15,19)16(20)21)11-3-2-4-12(18)9-11/h2-9,14-15H,19H2,1H3,(H,20,21). The number of carbonyl (C=O) groups is 1. The van der Waals surface area contributed by atoms with E-state index in [1.807, 2.05) is 6.92 Å². The molecular formula is C17H16FNO4S. The van der Waals surface area contributed by atoms with Crippen molar-refractivity contribution in [3.8, 4) is 0 Å². The quantitative estimate of drug-likeness (QED) is 0.878. The van der Waals surface area contributed by atoms with Crippen LogP contribution in [-0.4, -0.2) is 30.3 Å². The van der Waals surface area contributed by atoms with Crippen LogP contribution in [0.4, 0.5) is 4.39 Å². The van der Waals surface area contributed by atoms with E-state index in [9.17, 15) is 22.7 Å². The predicted molar refractivity (Wildman–Crippen MR) is 85.8 cm³/mol. The fourth-order valence-corrected chi connectivity index (χ4v) is 5.32. The molecule has 7 heteroatoms. The van der Waals surface area contributed by atoms with Crippen LogP contribution in [0, 0.1) is 12.7 Å². The van der Waals surface area contributed by atoms with E-state index >= 15 is 0 Å². The van der Waals surface area contributed by atoms with Gasteiger partial charge in [-0.15, -0.1) is 0 Å². The van der Waals surface area contributed by atoms with Crippen LogP contribution in [-0.2, 0) is 14.6 Å². The van der Waals surface area contributed by atoms with Gasteiger partial charge in [-0.2, -0.15) is 0 Å². The minimum atomic E-state index is -3.97. The molecule has 3 unspecified atom stereocenters. The molecule has 2 aromatic carbocycles. The Morgan fingerprint density at radius 3 is 2.38 bits per heavy atom. The Morgan fingerprint density at radius 2 is 1.83 bits per heavy atom. The summed E-state index contributed by atoms with van der Waals surface area (Å²) in [7, 11) is -3.97. The summed E-state index contributed by atoms with van der Waals surface area (Å²) in [4.78, 5) is 11.6. The molecule has 1 fully saturated rings. The second-order valence-corrected chi connectivity index (χ2v) is 8.12. The molecule has 0 spiro atoms. The molecular weight excluding hydrogens is 333 g/mol. The highest BCUT2D eigenvalue weighted by Gasteiger charge is 2.74. The second-order valence-electron chi connectivity index (χ2n) is 6.05. The number of nitrogens with two attached hydrogens (primary N) is 1. The summed E-state index contributed by atoms with van der Waals surface area (Å²) >= 11 is 0. The Morgan fingerprint density at radius 1 is 1.21 bits per heavy atom. The fourth-order valence-electron chi connectivity index (χ4n) is 3.09. The van der Waals surface area contributed by atoms with Crippen LogP contribution in [0.3, 0.4) is 0 Å². The van der Waals surface area contributed by atoms with Crippen molar-refractivity contribution in [1.29, 1.82) is 0 Å². The van der Waals surface area contributed by atoms with Crippen molar-refractivity contribution in [2.24, 2.45) is 5.73 Å². The molecule has 126 valence electrons. The van der Waals surface area contributed by atoms with Crippen LogP contribution in [0.1, 0.15) is 17.0 Å². The largest absolute Gasteiger partial charge is 0.480 e. The highest BCUT2D eigenvalue weighted by molar-refractivity contribution is 7.92. The first-order valence-electron chi connectivity index (χ1n) is 7.27. The molecule has 1 aliphatic carbocycles. The van der Waals surface area contributed by atoms with Crippen molar-refractivity contribution in [3.63, 3.8) is 0 Å². The lowest BCUT2D eigenvalue weighted by atomic mass is 10.1. The van der Waals surface area contributed by atoms with Gasteiger partial charge in [0.15, 0.2) is 9.84 Å². The number of halogens is 1. The number of sulfone groups is 1. The molecule has 3 N–H and O–H groups in total. The van der Waals surface area contributed by atoms with E-state index in [1.54, 1.807) is 12.1 Å². The zero-order valence-corrected chi connectivity index (χ0v) is 13.6. The molecule has 24 heavy (non-hydrogen) atoms. The third kappa shape index (κ3) is 2.40. The average molecular weight is 349 g/mol. The topological polar surface area (TPSA) is 97.5 Å². The molecule has 1 saturated carbocycles. The number of carboxylic acids is 1. The lowest BCUT2D eigenvalue weighted by molar-refractivity contribution is -0.139. The second kappa shape index (κ2) is 5.39. The van der Waals surface area contributed by atoms with Crippen LogP contribution < -0.4 is 5.73 Å². The number of aryl methyl sites for hydroxylation is 1. The summed E-state index contributed by atoms with van der Waals surface area (Å²) < 4.78 is 39.2. The normalized spacial score (nSPS) is 26.1. The first-order valence-corrected chi connectivity index (χ1v) is 8.82. The average Bonchev–Trinajstić information content (AvgIpc) is 3.17. The van der Waals surface area contributed by atoms with Gasteiger partial charge in [-0.05, 0) is 36.8 Å². The Bertz CT molecular complexity index is 910. The lowest BCUT2D eigenvalue weighted by Crippen LogP contribution is -2.39. The van der Waals surface area contributed by atoms with Gasteiger partial charge in [0, 0.05) is 5.92 Å². The van der Waals surface area contributed by atoms with Crippen molar-refractivity contribution in [2.45, 2.75) is 28.5 Å². The molecule has 1 aliphatic rings.